The largest absolute Gasteiger partial charge is 0.574 e. The molecule has 3 aromatic heterocycles. The van der Waals surface area contributed by atoms with E-state index < -0.39 is 32.6 Å². The number of fused-ring (bicyclic) bond motifs is 4. The predicted molar refractivity (Wildman–Crippen MR) is 164 cm³/mol. The van der Waals surface area contributed by atoms with Crippen molar-refractivity contribution >= 4 is 38.2 Å². The number of rotatable bonds is 10. The number of aromatic nitrogens is 3. The van der Waals surface area contributed by atoms with Gasteiger partial charge in [-0.25, -0.2) is 18.4 Å². The number of likely N-dealkylation sites (N-methyl/N-ethyl adjacent to an activating group) is 1. The number of benzene rings is 1. The fraction of sp³-hybridized carbons (Fsp3) is 0.355. The summed E-state index contributed by atoms with van der Waals surface area (Å²) < 4.78 is 76.5. The van der Waals surface area contributed by atoms with Crippen molar-refractivity contribution in [1.29, 1.82) is 0 Å². The van der Waals surface area contributed by atoms with Gasteiger partial charge < -0.3 is 19.3 Å². The number of alkyl halides is 3. The maximum atomic E-state index is 13.3. The van der Waals surface area contributed by atoms with Gasteiger partial charge in [-0.05, 0) is 63.2 Å². The van der Waals surface area contributed by atoms with Crippen molar-refractivity contribution < 1.29 is 35.9 Å². The maximum absolute atomic E-state index is 13.3. The molecule has 11 nitrogen and oxygen atoms in total. The van der Waals surface area contributed by atoms with Gasteiger partial charge >= 0.3 is 6.36 Å². The maximum Gasteiger partial charge on any atom is 0.574 e. The molecule has 0 atom stereocenters. The topological polar surface area (TPSA) is 127 Å². The second-order valence-corrected chi connectivity index (χ2v) is 13.3. The van der Waals surface area contributed by atoms with Gasteiger partial charge in [0.1, 0.15) is 10.6 Å². The predicted octanol–water partition coefficient (Wildman–Crippen LogP) is 5.12. The van der Waals surface area contributed by atoms with Crippen LogP contribution in [-0.2, 0) is 20.2 Å². The number of amides is 1. The van der Waals surface area contributed by atoms with Crippen molar-refractivity contribution in [2.24, 2.45) is 0 Å². The number of carbonyl (C=O) groups excluding carboxylic acids is 1. The van der Waals surface area contributed by atoms with Crippen molar-refractivity contribution in [3.05, 3.63) is 60.6 Å². The highest BCUT2D eigenvalue weighted by Gasteiger charge is 2.54. The Labute approximate surface area is 263 Å². The molecule has 6 rings (SSSR count). The molecule has 1 aromatic carbocycles. The molecule has 46 heavy (non-hydrogen) atoms. The summed E-state index contributed by atoms with van der Waals surface area (Å²) in [6, 6.07) is 8.97. The number of nitrogens with one attached hydrogen (secondary N) is 1. The Morgan fingerprint density at radius 1 is 1.02 bits per heavy atom. The van der Waals surface area contributed by atoms with Gasteiger partial charge in [0, 0.05) is 42.4 Å². The Morgan fingerprint density at radius 3 is 2.46 bits per heavy atom. The van der Waals surface area contributed by atoms with E-state index in [-0.39, 0.29) is 24.1 Å². The number of nitrogens with zero attached hydrogens (tertiary/aromatic N) is 5. The van der Waals surface area contributed by atoms with Crippen LogP contribution in [0.5, 0.6) is 11.8 Å². The summed E-state index contributed by atoms with van der Waals surface area (Å²) in [5.41, 5.74) is 3.20. The Balaban J connectivity index is 1.36. The molecule has 4 heterocycles. The van der Waals surface area contributed by atoms with Crippen LogP contribution in [-0.4, -0.2) is 74.8 Å². The molecule has 1 fully saturated rings. The van der Waals surface area contributed by atoms with E-state index in [1.807, 2.05) is 37.2 Å². The monoisotopic (exact) mass is 656 g/mol. The highest BCUT2D eigenvalue weighted by Crippen LogP contribution is 2.55. The summed E-state index contributed by atoms with van der Waals surface area (Å²) in [6.07, 6.45) is 2.22. The van der Waals surface area contributed by atoms with Crippen LogP contribution < -0.4 is 19.1 Å². The van der Waals surface area contributed by atoms with Gasteiger partial charge in [-0.15, -0.1) is 13.2 Å². The van der Waals surface area contributed by atoms with Crippen molar-refractivity contribution in [3.63, 3.8) is 0 Å². The zero-order valence-corrected chi connectivity index (χ0v) is 26.1. The van der Waals surface area contributed by atoms with E-state index in [2.05, 4.69) is 24.4 Å². The highest BCUT2D eigenvalue weighted by molar-refractivity contribution is 7.92. The van der Waals surface area contributed by atoms with E-state index in [9.17, 15) is 26.4 Å². The molecular formula is C31H31F3N6O5S. The van der Waals surface area contributed by atoms with Gasteiger partial charge in [0.2, 0.25) is 17.7 Å². The zero-order chi connectivity index (χ0) is 32.9. The summed E-state index contributed by atoms with van der Waals surface area (Å²) in [7, 11) is 1.26. The van der Waals surface area contributed by atoms with Crippen LogP contribution in [0.4, 0.5) is 24.5 Å². The molecule has 0 unspecified atom stereocenters. The molecule has 1 N–H and O–H groups in total. The summed E-state index contributed by atoms with van der Waals surface area (Å²) in [4.78, 5) is 29.0. The van der Waals surface area contributed by atoms with Gasteiger partial charge in [-0.2, -0.15) is 0 Å². The lowest BCUT2D eigenvalue weighted by Gasteiger charge is -2.37. The van der Waals surface area contributed by atoms with E-state index in [1.54, 1.807) is 30.4 Å². The van der Waals surface area contributed by atoms with Gasteiger partial charge in [0.05, 0.1) is 35.6 Å². The third kappa shape index (κ3) is 5.91. The Bertz CT molecular complexity index is 1910. The van der Waals surface area contributed by atoms with Crippen LogP contribution in [0.15, 0.2) is 59.9 Å². The lowest BCUT2D eigenvalue weighted by molar-refractivity contribution is -0.276. The molecule has 1 aliphatic heterocycles. The molecule has 4 aromatic rings. The Hall–Kier alpha value is -4.50. The van der Waals surface area contributed by atoms with Crippen molar-refractivity contribution in [1.82, 2.24) is 19.9 Å². The van der Waals surface area contributed by atoms with Crippen LogP contribution in [0.3, 0.4) is 0 Å². The van der Waals surface area contributed by atoms with Crippen LogP contribution in [0.2, 0.25) is 0 Å². The first-order chi connectivity index (χ1) is 21.8. The normalized spacial score (nSPS) is 15.7. The molecule has 0 radical (unpaired) electrons. The van der Waals surface area contributed by atoms with E-state index in [4.69, 9.17) is 4.74 Å². The number of anilines is 2. The summed E-state index contributed by atoms with van der Waals surface area (Å²) >= 11 is 0. The summed E-state index contributed by atoms with van der Waals surface area (Å²) in [6.45, 7) is 0.980. The molecule has 0 saturated heterocycles. The van der Waals surface area contributed by atoms with Crippen LogP contribution in [0.25, 0.3) is 22.0 Å². The number of ether oxygens (including phenoxy) is 2. The summed E-state index contributed by atoms with van der Waals surface area (Å²) in [5, 5.41) is 0.839. The number of hydrogen-bond acceptors (Lipinski definition) is 9. The third-order valence-electron chi connectivity index (χ3n) is 8.27. The average Bonchev–Trinajstić information content (AvgIpc) is 3.21. The Morgan fingerprint density at radius 2 is 1.80 bits per heavy atom. The minimum Gasteiger partial charge on any atom is -0.476 e. The van der Waals surface area contributed by atoms with E-state index >= 15 is 0 Å². The second kappa shape index (κ2) is 11.7. The number of pyridine rings is 3. The fourth-order valence-corrected chi connectivity index (χ4v) is 6.90. The SMILES string of the molecule is CN(C)CCCOc1ncc(-c2ccc3ncc4c(c3c2)C2(CCC2)C(=O)N4C)cc1NS(=O)(=O)c1ccc(OC(F)(F)F)nc1. The van der Waals surface area contributed by atoms with Crippen LogP contribution in [0.1, 0.15) is 31.2 Å². The fourth-order valence-electron chi connectivity index (χ4n) is 5.91. The molecule has 0 bridgehead atoms. The minimum atomic E-state index is -4.97. The first-order valence-electron chi connectivity index (χ1n) is 14.5. The van der Waals surface area contributed by atoms with Gasteiger partial charge in [-0.1, -0.05) is 12.5 Å². The smallest absolute Gasteiger partial charge is 0.476 e. The molecule has 1 aliphatic carbocycles. The number of hydrogen-bond donors (Lipinski definition) is 1. The second-order valence-electron chi connectivity index (χ2n) is 11.6. The van der Waals surface area contributed by atoms with Crippen molar-refractivity contribution in [2.45, 2.75) is 42.4 Å². The number of sulfonamides is 1. The third-order valence-corrected chi connectivity index (χ3v) is 9.62. The highest BCUT2D eigenvalue weighted by atomic mass is 32.2. The molecular weight excluding hydrogens is 625 g/mol. The van der Waals surface area contributed by atoms with Gasteiger partial charge in [0.25, 0.3) is 10.0 Å². The quantitative estimate of drug-likeness (QED) is 0.232. The first-order valence-corrected chi connectivity index (χ1v) is 16.0. The zero-order valence-electron chi connectivity index (χ0n) is 25.3. The number of carbonyl (C=O) groups is 1. The first kappa shape index (κ1) is 31.5. The van der Waals surface area contributed by atoms with Crippen molar-refractivity contribution in [2.75, 3.05) is 43.9 Å². The minimum absolute atomic E-state index is 0.0276. The molecule has 2 aliphatic rings. The van der Waals surface area contributed by atoms with Gasteiger partial charge in [0.15, 0.2) is 0 Å². The molecule has 1 amide bonds. The lowest BCUT2D eigenvalue weighted by atomic mass is 9.64. The number of halogens is 3. The average molecular weight is 657 g/mol. The molecule has 242 valence electrons. The summed E-state index contributed by atoms with van der Waals surface area (Å²) in [5.74, 6) is -0.705. The van der Waals surface area contributed by atoms with E-state index in [0.29, 0.717) is 17.5 Å². The standard InChI is InChI=1S/C31H31F3N6O5S/c1-39(2)12-5-13-44-28-24(38-46(42,43)21-7-9-26(36-17-21)45-31(32,33)34)15-20(16-37-28)19-6-8-23-22(14-19)27-25(18-35-23)40(3)29(41)30(27)10-4-11-30/h6-9,14-18,38H,4-5,10-13H2,1-3H3. The lowest BCUT2D eigenvalue weighted by Crippen LogP contribution is -2.43. The van der Waals surface area contributed by atoms with E-state index in [0.717, 1.165) is 66.3 Å². The molecule has 1 saturated carbocycles. The van der Waals surface area contributed by atoms with Gasteiger partial charge in [-0.3, -0.25) is 14.5 Å². The molecule has 1 spiro atoms. The van der Waals surface area contributed by atoms with Crippen LogP contribution in [0, 0.1) is 0 Å². The van der Waals surface area contributed by atoms with Crippen molar-refractivity contribution in [3.8, 4) is 22.9 Å². The Kier molecular flexibility index (Phi) is 8.01. The van der Waals surface area contributed by atoms with Crippen LogP contribution >= 0.6 is 0 Å². The van der Waals surface area contributed by atoms with E-state index in [1.165, 1.54) is 0 Å². The molecule has 15 heteroatoms.